The Morgan fingerprint density at radius 3 is 2.41 bits per heavy atom. The highest BCUT2D eigenvalue weighted by Gasteiger charge is 2.14. The van der Waals surface area contributed by atoms with E-state index in [-0.39, 0.29) is 16.4 Å². The van der Waals surface area contributed by atoms with Crippen molar-refractivity contribution < 1.29 is 4.92 Å². The van der Waals surface area contributed by atoms with Gasteiger partial charge in [0.25, 0.3) is 5.69 Å². The van der Waals surface area contributed by atoms with Crippen LogP contribution in [0.4, 0.5) is 11.4 Å². The molecule has 1 aromatic carbocycles. The zero-order valence-corrected chi connectivity index (χ0v) is 11.8. The number of nitro groups is 1. The smallest absolute Gasteiger partial charge is 0.294 e. The molecule has 0 atom stereocenters. The first-order valence-electron chi connectivity index (χ1n) is 5.30. The lowest BCUT2D eigenvalue weighted by molar-refractivity contribution is -0.384. The van der Waals surface area contributed by atoms with E-state index in [1.54, 1.807) is 0 Å². The zero-order chi connectivity index (χ0) is 13.0. The van der Waals surface area contributed by atoms with Gasteiger partial charge in [0.15, 0.2) is 0 Å². The second-order valence-corrected chi connectivity index (χ2v) is 5.44. The monoisotopic (exact) mass is 320 g/mol. The summed E-state index contributed by atoms with van der Waals surface area (Å²) in [5.74, 6) is 1.06. The molecule has 94 valence electrons. The van der Waals surface area contributed by atoms with Crippen LogP contribution in [0.15, 0.2) is 16.6 Å². The van der Waals surface area contributed by atoms with Gasteiger partial charge < -0.3 is 5.73 Å². The summed E-state index contributed by atoms with van der Waals surface area (Å²) in [5, 5.41) is 10.5. The summed E-state index contributed by atoms with van der Waals surface area (Å²) in [4.78, 5) is 9.79. The van der Waals surface area contributed by atoms with E-state index in [0.29, 0.717) is 4.47 Å². The van der Waals surface area contributed by atoms with Crippen LogP contribution in [-0.4, -0.2) is 4.92 Å². The van der Waals surface area contributed by atoms with Gasteiger partial charge in [-0.1, -0.05) is 53.7 Å². The number of halogens is 2. The van der Waals surface area contributed by atoms with Crippen molar-refractivity contribution in [1.82, 2.24) is 0 Å². The highest BCUT2D eigenvalue weighted by Crippen LogP contribution is 2.32. The number of nitrogens with two attached hydrogens (primary N) is 1. The normalized spacial score (nSPS) is 14.5. The van der Waals surface area contributed by atoms with Crippen LogP contribution >= 0.6 is 27.5 Å². The molecule has 4 nitrogen and oxygen atoms in total. The van der Waals surface area contributed by atoms with E-state index < -0.39 is 4.92 Å². The molecule has 0 aliphatic heterocycles. The van der Waals surface area contributed by atoms with Crippen LogP contribution in [0, 0.1) is 16.0 Å². The lowest BCUT2D eigenvalue weighted by atomic mass is 9.88. The Bertz CT molecular complexity index is 422. The van der Waals surface area contributed by atoms with Gasteiger partial charge in [0.2, 0.25) is 0 Å². The molecule has 1 aliphatic carbocycles. The number of benzene rings is 1. The van der Waals surface area contributed by atoms with Crippen molar-refractivity contribution in [2.75, 3.05) is 5.73 Å². The van der Waals surface area contributed by atoms with Gasteiger partial charge in [-0.05, 0) is 12.0 Å². The Balaban J connectivity index is 0.000000239. The SMILES string of the molecule is CC1CCC1.Nc1c(Cl)cc(Br)cc1[N+](=O)[O-]. The molecule has 0 heterocycles. The molecule has 1 fully saturated rings. The summed E-state index contributed by atoms with van der Waals surface area (Å²) in [5.41, 5.74) is 5.16. The minimum atomic E-state index is -0.577. The summed E-state index contributed by atoms with van der Waals surface area (Å²) in [6, 6.07) is 2.81. The van der Waals surface area contributed by atoms with Gasteiger partial charge in [0.1, 0.15) is 5.69 Å². The van der Waals surface area contributed by atoms with E-state index in [1.165, 1.54) is 31.4 Å². The van der Waals surface area contributed by atoms with Gasteiger partial charge in [-0.25, -0.2) is 0 Å². The topological polar surface area (TPSA) is 69.2 Å². The first kappa shape index (κ1) is 14.3. The van der Waals surface area contributed by atoms with Crippen molar-refractivity contribution in [3.63, 3.8) is 0 Å². The largest absolute Gasteiger partial charge is 0.392 e. The number of hydrogen-bond donors (Lipinski definition) is 1. The molecule has 0 unspecified atom stereocenters. The van der Waals surface area contributed by atoms with Crippen LogP contribution in [-0.2, 0) is 0 Å². The summed E-state index contributed by atoms with van der Waals surface area (Å²) in [6.07, 6.45) is 4.46. The molecule has 1 aromatic rings. The molecular formula is C11H14BrClN2O2. The third kappa shape index (κ3) is 4.16. The fourth-order valence-electron chi connectivity index (χ4n) is 1.33. The number of hydrogen-bond acceptors (Lipinski definition) is 3. The Kier molecular flexibility index (Phi) is 5.21. The maximum atomic E-state index is 10.4. The molecule has 1 aliphatic rings. The van der Waals surface area contributed by atoms with Crippen molar-refractivity contribution in [2.45, 2.75) is 26.2 Å². The van der Waals surface area contributed by atoms with Crippen molar-refractivity contribution in [3.8, 4) is 0 Å². The summed E-state index contributed by atoms with van der Waals surface area (Å²) >= 11 is 8.67. The van der Waals surface area contributed by atoms with Crippen LogP contribution in [0.2, 0.25) is 5.02 Å². The van der Waals surface area contributed by atoms with Crippen molar-refractivity contribution in [3.05, 3.63) is 31.7 Å². The van der Waals surface area contributed by atoms with Gasteiger partial charge in [-0.3, -0.25) is 10.1 Å². The standard InChI is InChI=1S/C6H4BrClN2O2.C5H10/c7-3-1-4(8)6(9)5(2-3)10(11)12;1-5-3-2-4-5/h1-2H,9H2;5H,2-4H2,1H3. The third-order valence-corrected chi connectivity index (χ3v) is 3.43. The second-order valence-electron chi connectivity index (χ2n) is 4.11. The van der Waals surface area contributed by atoms with Crippen molar-refractivity contribution >= 4 is 38.9 Å². The highest BCUT2D eigenvalue weighted by atomic mass is 79.9. The third-order valence-electron chi connectivity index (χ3n) is 2.66. The van der Waals surface area contributed by atoms with E-state index in [9.17, 15) is 10.1 Å². The molecule has 0 aromatic heterocycles. The zero-order valence-electron chi connectivity index (χ0n) is 9.45. The first-order valence-corrected chi connectivity index (χ1v) is 6.47. The van der Waals surface area contributed by atoms with Gasteiger partial charge >= 0.3 is 0 Å². The van der Waals surface area contributed by atoms with Gasteiger partial charge in [0, 0.05) is 10.5 Å². The average Bonchev–Trinajstić information content (AvgIpc) is 2.21. The first-order chi connectivity index (χ1) is 7.91. The average molecular weight is 322 g/mol. The molecule has 2 N–H and O–H groups in total. The number of nitrogens with zero attached hydrogens (tertiary/aromatic N) is 1. The molecule has 17 heavy (non-hydrogen) atoms. The lowest BCUT2D eigenvalue weighted by Gasteiger charge is -2.18. The van der Waals surface area contributed by atoms with Gasteiger partial charge in [-0.2, -0.15) is 0 Å². The number of nitrogen functional groups attached to an aromatic ring is 1. The molecule has 1 saturated carbocycles. The fourth-order valence-corrected chi connectivity index (χ4v) is 2.13. The maximum Gasteiger partial charge on any atom is 0.294 e. The Hall–Kier alpha value is -0.810. The predicted octanol–water partition coefficient (Wildman–Crippen LogP) is 4.40. The molecule has 0 radical (unpaired) electrons. The van der Waals surface area contributed by atoms with Crippen LogP contribution in [0.25, 0.3) is 0 Å². The quantitative estimate of drug-likeness (QED) is 0.473. The minimum absolute atomic E-state index is 0.00938. The molecule has 0 amide bonds. The predicted molar refractivity (Wildman–Crippen MR) is 73.2 cm³/mol. The van der Waals surface area contributed by atoms with Crippen LogP contribution in [0.3, 0.4) is 0 Å². The molecular weight excluding hydrogens is 307 g/mol. The van der Waals surface area contributed by atoms with E-state index in [1.807, 2.05) is 0 Å². The van der Waals surface area contributed by atoms with E-state index in [2.05, 4.69) is 22.9 Å². The molecule has 2 rings (SSSR count). The van der Waals surface area contributed by atoms with Crippen molar-refractivity contribution in [2.24, 2.45) is 5.92 Å². The Morgan fingerprint density at radius 1 is 1.53 bits per heavy atom. The van der Waals surface area contributed by atoms with Crippen LogP contribution in [0.5, 0.6) is 0 Å². The summed E-state index contributed by atoms with van der Waals surface area (Å²) in [7, 11) is 0. The second kappa shape index (κ2) is 6.21. The van der Waals surface area contributed by atoms with Crippen molar-refractivity contribution in [1.29, 1.82) is 0 Å². The number of rotatable bonds is 1. The lowest BCUT2D eigenvalue weighted by Crippen LogP contribution is -2.04. The molecule has 0 bridgehead atoms. The number of anilines is 1. The Labute approximate surface area is 113 Å². The maximum absolute atomic E-state index is 10.4. The molecule has 0 spiro atoms. The number of nitro benzene ring substituents is 1. The minimum Gasteiger partial charge on any atom is -0.392 e. The van der Waals surface area contributed by atoms with Gasteiger partial charge in [-0.15, -0.1) is 0 Å². The van der Waals surface area contributed by atoms with Crippen LogP contribution < -0.4 is 5.73 Å². The van der Waals surface area contributed by atoms with Gasteiger partial charge in [0.05, 0.1) is 9.95 Å². The summed E-state index contributed by atoms with van der Waals surface area (Å²) < 4.78 is 0.536. The fraction of sp³-hybridized carbons (Fsp3) is 0.455. The van der Waals surface area contributed by atoms with Crippen LogP contribution in [0.1, 0.15) is 26.2 Å². The van der Waals surface area contributed by atoms with E-state index >= 15 is 0 Å². The summed E-state index contributed by atoms with van der Waals surface area (Å²) in [6.45, 7) is 2.31. The van der Waals surface area contributed by atoms with E-state index in [0.717, 1.165) is 5.92 Å². The highest BCUT2D eigenvalue weighted by molar-refractivity contribution is 9.10. The Morgan fingerprint density at radius 2 is 2.06 bits per heavy atom. The molecule has 0 saturated heterocycles. The molecule has 6 heteroatoms. The van der Waals surface area contributed by atoms with E-state index in [4.69, 9.17) is 17.3 Å².